The van der Waals surface area contributed by atoms with Gasteiger partial charge in [0.05, 0.1) is 33.4 Å². The van der Waals surface area contributed by atoms with E-state index >= 15 is 0 Å². The van der Waals surface area contributed by atoms with E-state index in [-0.39, 0.29) is 0 Å². The number of benzene rings is 3. The molecule has 0 fully saturated rings. The van der Waals surface area contributed by atoms with E-state index in [2.05, 4.69) is 0 Å². The van der Waals surface area contributed by atoms with E-state index in [1.807, 2.05) is 0 Å². The lowest BCUT2D eigenvalue weighted by atomic mass is 10.4. The van der Waals surface area contributed by atoms with Gasteiger partial charge in [-0.25, -0.2) is 13.2 Å². The van der Waals surface area contributed by atoms with Crippen LogP contribution in [0.5, 0.6) is 0 Å². The Hall–Kier alpha value is -2.70. The summed E-state index contributed by atoms with van der Waals surface area (Å²) in [5.74, 6) is -3.23. The fourth-order valence-corrected chi connectivity index (χ4v) is 9.98. The first-order valence-corrected chi connectivity index (χ1v) is 12.7. The van der Waals surface area contributed by atoms with Crippen LogP contribution in [-0.2, 0) is 29.5 Å². The number of hydrogen-bond donors (Lipinski definition) is 0. The van der Waals surface area contributed by atoms with Crippen LogP contribution in [-0.4, -0.2) is 25.3 Å². The Labute approximate surface area is 176 Å². The normalized spacial score (nSPS) is 12.8. The second-order valence-corrected chi connectivity index (χ2v) is 12.6. The van der Waals surface area contributed by atoms with Gasteiger partial charge in [-0.1, -0.05) is 18.2 Å². The summed E-state index contributed by atoms with van der Waals surface area (Å²) in [5, 5.41) is 0. The van der Waals surface area contributed by atoms with Gasteiger partial charge in [0, 0.05) is 14.7 Å². The van der Waals surface area contributed by atoms with E-state index in [9.17, 15) is 38.4 Å². The molecule has 164 valence electrons. The van der Waals surface area contributed by atoms with E-state index in [0.29, 0.717) is 18.2 Å². The minimum absolute atomic E-state index is 0.428. The molecule has 0 radical (unpaired) electrons. The third kappa shape index (κ3) is 4.36. The van der Waals surface area contributed by atoms with Crippen molar-refractivity contribution in [2.45, 2.75) is 14.7 Å². The first-order chi connectivity index (χ1) is 14.4. The van der Waals surface area contributed by atoms with Gasteiger partial charge in [-0.2, -0.15) is 0 Å². The molecule has 0 saturated heterocycles. The highest BCUT2D eigenvalue weighted by Gasteiger charge is 2.38. The summed E-state index contributed by atoms with van der Waals surface area (Å²) in [7, 11) is -16.2. The Kier molecular flexibility index (Phi) is 6.00. The van der Waals surface area contributed by atoms with Gasteiger partial charge in [0.25, 0.3) is 0 Å². The molecule has 3 aromatic rings. The molecule has 3 aromatic carbocycles. The highest BCUT2D eigenvalue weighted by Crippen LogP contribution is 2.39. The largest absolute Gasteiger partial charge is 0.255 e. The van der Waals surface area contributed by atoms with Crippen molar-refractivity contribution in [3.63, 3.8) is 0 Å². The molecule has 6 nitrogen and oxygen atoms in total. The highest BCUT2D eigenvalue weighted by molar-refractivity contribution is 8.29. The van der Waals surface area contributed by atoms with Crippen LogP contribution in [0.1, 0.15) is 0 Å². The predicted octanol–water partition coefficient (Wildman–Crippen LogP) is 3.27. The summed E-state index contributed by atoms with van der Waals surface area (Å²) in [6, 6.07) is 9.05. The second-order valence-electron chi connectivity index (χ2n) is 6.13. The summed E-state index contributed by atoms with van der Waals surface area (Å²) < 4.78 is 118. The zero-order valence-corrected chi connectivity index (χ0v) is 17.7. The maximum Gasteiger partial charge on any atom is 0.124 e. The number of halogens is 3. The van der Waals surface area contributed by atoms with Crippen molar-refractivity contribution in [3.8, 4) is 0 Å². The smallest absolute Gasteiger partial charge is 0.124 e. The van der Waals surface area contributed by atoms with Crippen LogP contribution < -0.4 is 0 Å². The Morgan fingerprint density at radius 2 is 0.742 bits per heavy atom. The molecule has 0 saturated carbocycles. The standard InChI is InChI=1S/C19H12F3O6S3/c20-13-4-1-7-16(10-13)29(23,24)19(30(25,26)17-8-2-5-14(21)11-17)31(27,28)18-9-3-6-15(22)12-18/h1-12H/q-1. The van der Waals surface area contributed by atoms with E-state index in [1.165, 1.54) is 0 Å². The van der Waals surface area contributed by atoms with Crippen LogP contribution in [0.2, 0.25) is 0 Å². The van der Waals surface area contributed by atoms with Crippen molar-refractivity contribution in [2.75, 3.05) is 0 Å². The lowest BCUT2D eigenvalue weighted by molar-refractivity contribution is 0.578. The van der Waals surface area contributed by atoms with Crippen molar-refractivity contribution < 1.29 is 38.4 Å². The third-order valence-electron chi connectivity index (χ3n) is 3.98. The average molecular weight is 489 g/mol. The minimum atomic E-state index is -5.41. The molecule has 0 amide bonds. The molecule has 0 atom stereocenters. The first-order valence-electron chi connectivity index (χ1n) is 8.26. The van der Waals surface area contributed by atoms with Crippen molar-refractivity contribution in [3.05, 3.63) is 94.2 Å². The quantitative estimate of drug-likeness (QED) is 0.493. The summed E-state index contributed by atoms with van der Waals surface area (Å²) in [6.45, 7) is 0. The fraction of sp³-hybridized carbons (Fsp3) is 0. The van der Waals surface area contributed by atoms with Crippen LogP contribution in [0.15, 0.2) is 87.5 Å². The Morgan fingerprint density at radius 1 is 0.484 bits per heavy atom. The molecule has 0 aromatic heterocycles. The van der Waals surface area contributed by atoms with E-state index in [0.717, 1.165) is 54.6 Å². The molecule has 12 heteroatoms. The molecule has 3 rings (SSSR count). The van der Waals surface area contributed by atoms with Gasteiger partial charge in [-0.05, 0) is 54.6 Å². The van der Waals surface area contributed by atoms with Gasteiger partial charge in [0.1, 0.15) is 17.5 Å². The fourth-order valence-electron chi connectivity index (χ4n) is 2.62. The van der Waals surface area contributed by atoms with E-state index in [4.69, 9.17) is 0 Å². The molecule has 0 N–H and O–H groups in total. The molecule has 31 heavy (non-hydrogen) atoms. The van der Waals surface area contributed by atoms with Crippen LogP contribution in [0.4, 0.5) is 13.2 Å². The van der Waals surface area contributed by atoms with Gasteiger partial charge >= 0.3 is 0 Å². The van der Waals surface area contributed by atoms with Gasteiger partial charge < -0.3 is 0 Å². The minimum Gasteiger partial charge on any atom is -0.255 e. The zero-order chi connectivity index (χ0) is 23.0. The Morgan fingerprint density at radius 3 is 0.968 bits per heavy atom. The monoisotopic (exact) mass is 489 g/mol. The summed E-state index contributed by atoms with van der Waals surface area (Å²) >= 11 is 0. The topological polar surface area (TPSA) is 102 Å². The van der Waals surface area contributed by atoms with Gasteiger partial charge in [0.15, 0.2) is 0 Å². The van der Waals surface area contributed by atoms with Crippen LogP contribution in [0.25, 0.3) is 0 Å². The van der Waals surface area contributed by atoms with Crippen molar-refractivity contribution in [1.82, 2.24) is 0 Å². The van der Waals surface area contributed by atoms with Crippen molar-refractivity contribution >= 4 is 29.5 Å². The first kappa shape index (κ1) is 23.0. The average Bonchev–Trinajstić information content (AvgIpc) is 2.67. The molecule has 0 unspecified atom stereocenters. The molecule has 0 aliphatic carbocycles. The molecule has 0 aliphatic rings. The van der Waals surface area contributed by atoms with Crippen molar-refractivity contribution in [2.24, 2.45) is 0 Å². The lowest BCUT2D eigenvalue weighted by Crippen LogP contribution is -2.31. The lowest BCUT2D eigenvalue weighted by Gasteiger charge is -2.30. The van der Waals surface area contributed by atoms with Crippen LogP contribution >= 0.6 is 0 Å². The van der Waals surface area contributed by atoms with Gasteiger partial charge in [-0.15, -0.1) is 0 Å². The second kappa shape index (κ2) is 8.09. The summed E-state index contributed by atoms with van der Waals surface area (Å²) in [6.07, 6.45) is 0. The molecular weight excluding hydrogens is 477 g/mol. The highest BCUT2D eigenvalue weighted by atomic mass is 32.3. The Bertz CT molecular complexity index is 1290. The molecule has 0 heterocycles. The summed E-state index contributed by atoms with van der Waals surface area (Å²) in [4.78, 5) is -2.91. The van der Waals surface area contributed by atoms with Crippen LogP contribution in [0, 0.1) is 21.4 Å². The number of sulfone groups is 3. The maximum absolute atomic E-state index is 13.6. The van der Waals surface area contributed by atoms with Gasteiger partial charge in [0.2, 0.25) is 0 Å². The molecule has 0 aliphatic heterocycles. The number of hydrogen-bond acceptors (Lipinski definition) is 6. The molecule has 0 spiro atoms. The molecular formula is C19H12F3O6S3-. The SMILES string of the molecule is O=S(=O)(c1cccc(F)c1)[C-](S(=O)(=O)c1cccc(F)c1)S(=O)(=O)c1cccc(F)c1. The zero-order valence-electron chi connectivity index (χ0n) is 15.2. The maximum atomic E-state index is 13.6. The third-order valence-corrected chi connectivity index (χ3v) is 11.9. The van der Waals surface area contributed by atoms with E-state index in [1.54, 1.807) is 0 Å². The van der Waals surface area contributed by atoms with Crippen LogP contribution in [0.3, 0.4) is 0 Å². The van der Waals surface area contributed by atoms with Gasteiger partial charge in [-0.3, -0.25) is 25.3 Å². The number of rotatable bonds is 6. The predicted molar refractivity (Wildman–Crippen MR) is 104 cm³/mol. The Balaban J connectivity index is 2.37. The van der Waals surface area contributed by atoms with Crippen molar-refractivity contribution in [1.29, 1.82) is 0 Å². The summed E-state index contributed by atoms with van der Waals surface area (Å²) in [5.41, 5.74) is 0. The van der Waals surface area contributed by atoms with E-state index < -0.39 is 65.6 Å². The molecule has 0 bridgehead atoms.